The van der Waals surface area contributed by atoms with E-state index < -0.39 is 5.97 Å². The van der Waals surface area contributed by atoms with Crippen LogP contribution in [-0.4, -0.2) is 36.0 Å². The first-order valence-electron chi connectivity index (χ1n) is 5.88. The largest absolute Gasteiger partial charge is 0.481 e. The molecule has 1 amide bonds. The highest BCUT2D eigenvalue weighted by Crippen LogP contribution is 2.25. The normalized spacial score (nSPS) is 11.9. The van der Waals surface area contributed by atoms with Crippen molar-refractivity contribution < 1.29 is 14.7 Å². The lowest BCUT2D eigenvalue weighted by Gasteiger charge is -2.18. The van der Waals surface area contributed by atoms with Crippen LogP contribution >= 0.6 is 0 Å². The summed E-state index contributed by atoms with van der Waals surface area (Å²) in [5.41, 5.74) is 1.98. The highest BCUT2D eigenvalue weighted by Gasteiger charge is 2.20. The monoisotopic (exact) mass is 249 g/mol. The fraction of sp³-hybridized carbons (Fsp3) is 0.429. The molecule has 0 fully saturated rings. The fourth-order valence-corrected chi connectivity index (χ4v) is 1.84. The van der Waals surface area contributed by atoms with Crippen molar-refractivity contribution in [2.24, 2.45) is 0 Å². The molecule has 0 aromatic heterocycles. The molecule has 0 radical (unpaired) electrons. The number of amides is 1. The maximum absolute atomic E-state index is 11.7. The molecule has 1 rings (SSSR count). The van der Waals surface area contributed by atoms with Gasteiger partial charge in [-0.3, -0.25) is 9.59 Å². The van der Waals surface area contributed by atoms with E-state index in [0.717, 1.165) is 11.1 Å². The van der Waals surface area contributed by atoms with Gasteiger partial charge in [-0.25, -0.2) is 0 Å². The van der Waals surface area contributed by atoms with E-state index in [1.807, 2.05) is 31.2 Å². The van der Waals surface area contributed by atoms with Crippen LogP contribution in [0.25, 0.3) is 0 Å². The van der Waals surface area contributed by atoms with Crippen LogP contribution in [-0.2, 0) is 9.59 Å². The third kappa shape index (κ3) is 4.20. The zero-order valence-corrected chi connectivity index (χ0v) is 11.0. The number of carbonyl (C=O) groups excluding carboxylic acids is 1. The number of benzene rings is 1. The van der Waals surface area contributed by atoms with Crippen molar-refractivity contribution in [3.63, 3.8) is 0 Å². The molecule has 1 N–H and O–H groups in total. The van der Waals surface area contributed by atoms with Crippen LogP contribution in [0.15, 0.2) is 24.3 Å². The molecule has 0 saturated heterocycles. The number of hydrogen-bond acceptors (Lipinski definition) is 2. The Morgan fingerprint density at radius 3 is 2.44 bits per heavy atom. The van der Waals surface area contributed by atoms with Gasteiger partial charge in [-0.15, -0.1) is 0 Å². The minimum absolute atomic E-state index is 0.0248. The first kappa shape index (κ1) is 14.2. The number of rotatable bonds is 5. The molecule has 0 spiro atoms. The van der Waals surface area contributed by atoms with Gasteiger partial charge in [0, 0.05) is 26.4 Å². The Hall–Kier alpha value is -1.84. The van der Waals surface area contributed by atoms with E-state index in [9.17, 15) is 9.59 Å². The van der Waals surface area contributed by atoms with Gasteiger partial charge in [0.2, 0.25) is 5.91 Å². The predicted octanol–water partition coefficient (Wildman–Crippen LogP) is 2.03. The molecule has 0 aliphatic carbocycles. The van der Waals surface area contributed by atoms with Gasteiger partial charge in [-0.1, -0.05) is 29.8 Å². The molecule has 1 aromatic rings. The number of aryl methyl sites for hydroxylation is 1. The number of aliphatic carboxylic acids is 1. The Kier molecular flexibility index (Phi) is 4.89. The summed E-state index contributed by atoms with van der Waals surface area (Å²) in [5.74, 6) is -1.20. The van der Waals surface area contributed by atoms with Crippen molar-refractivity contribution in [3.8, 4) is 0 Å². The van der Waals surface area contributed by atoms with E-state index in [2.05, 4.69) is 0 Å². The van der Waals surface area contributed by atoms with Gasteiger partial charge in [0.05, 0.1) is 6.42 Å². The lowest BCUT2D eigenvalue weighted by Crippen LogP contribution is -2.24. The summed E-state index contributed by atoms with van der Waals surface area (Å²) in [5, 5.41) is 8.94. The van der Waals surface area contributed by atoms with Gasteiger partial charge in [0.25, 0.3) is 0 Å². The Labute approximate surface area is 107 Å². The average Bonchev–Trinajstić information content (AvgIpc) is 2.27. The molecule has 98 valence electrons. The SMILES string of the molecule is Cc1cccc(C(CC(=O)O)CC(=O)N(C)C)c1. The van der Waals surface area contributed by atoms with E-state index in [0.29, 0.717) is 0 Å². The van der Waals surface area contributed by atoms with Crippen LogP contribution < -0.4 is 0 Å². The van der Waals surface area contributed by atoms with Crippen LogP contribution in [0, 0.1) is 6.92 Å². The number of nitrogens with zero attached hydrogens (tertiary/aromatic N) is 1. The molecule has 1 aromatic carbocycles. The van der Waals surface area contributed by atoms with Crippen molar-refractivity contribution in [2.45, 2.75) is 25.7 Å². The standard InChI is InChI=1S/C14H19NO3/c1-10-5-4-6-11(7-10)12(9-14(17)18)8-13(16)15(2)3/h4-7,12H,8-9H2,1-3H3,(H,17,18). The second-order valence-electron chi connectivity index (χ2n) is 4.70. The molecule has 0 aliphatic heterocycles. The summed E-state index contributed by atoms with van der Waals surface area (Å²) in [6, 6.07) is 7.66. The first-order valence-corrected chi connectivity index (χ1v) is 5.88. The van der Waals surface area contributed by atoms with Crippen LogP contribution in [0.2, 0.25) is 0 Å². The van der Waals surface area contributed by atoms with Crippen LogP contribution in [0.1, 0.15) is 29.9 Å². The van der Waals surface area contributed by atoms with Gasteiger partial charge < -0.3 is 10.0 Å². The molecule has 4 nitrogen and oxygen atoms in total. The van der Waals surface area contributed by atoms with Gasteiger partial charge in [0.15, 0.2) is 0 Å². The Morgan fingerprint density at radius 2 is 1.94 bits per heavy atom. The lowest BCUT2D eigenvalue weighted by molar-refractivity contribution is -0.137. The van der Waals surface area contributed by atoms with Gasteiger partial charge in [-0.05, 0) is 12.5 Å². The number of hydrogen-bond donors (Lipinski definition) is 1. The topological polar surface area (TPSA) is 57.6 Å². The summed E-state index contributed by atoms with van der Waals surface area (Å²) < 4.78 is 0. The highest BCUT2D eigenvalue weighted by molar-refractivity contribution is 5.78. The Morgan fingerprint density at radius 1 is 1.28 bits per heavy atom. The highest BCUT2D eigenvalue weighted by atomic mass is 16.4. The van der Waals surface area contributed by atoms with Gasteiger partial charge >= 0.3 is 5.97 Å². The van der Waals surface area contributed by atoms with Crippen LogP contribution in [0.5, 0.6) is 0 Å². The lowest BCUT2D eigenvalue weighted by atomic mass is 9.91. The third-order valence-corrected chi connectivity index (χ3v) is 2.85. The minimum atomic E-state index is -0.881. The summed E-state index contributed by atoms with van der Waals surface area (Å²) in [4.78, 5) is 24.1. The summed E-state index contributed by atoms with van der Waals surface area (Å²) >= 11 is 0. The van der Waals surface area contributed by atoms with Crippen molar-refractivity contribution in [1.29, 1.82) is 0 Å². The second kappa shape index (κ2) is 6.19. The molecule has 1 unspecified atom stereocenters. The molecule has 0 aliphatic rings. The number of carboxylic acid groups (broad SMARTS) is 1. The van der Waals surface area contributed by atoms with Crippen LogP contribution in [0.3, 0.4) is 0 Å². The average molecular weight is 249 g/mol. The van der Waals surface area contributed by atoms with Crippen molar-refractivity contribution in [2.75, 3.05) is 14.1 Å². The molecular weight excluding hydrogens is 230 g/mol. The molecule has 1 atom stereocenters. The predicted molar refractivity (Wildman–Crippen MR) is 69.5 cm³/mol. The van der Waals surface area contributed by atoms with E-state index >= 15 is 0 Å². The maximum Gasteiger partial charge on any atom is 0.303 e. The van der Waals surface area contributed by atoms with Crippen molar-refractivity contribution in [3.05, 3.63) is 35.4 Å². The van der Waals surface area contributed by atoms with Gasteiger partial charge in [0.1, 0.15) is 0 Å². The fourth-order valence-electron chi connectivity index (χ4n) is 1.84. The molecular formula is C14H19NO3. The second-order valence-corrected chi connectivity index (χ2v) is 4.70. The van der Waals surface area contributed by atoms with E-state index in [4.69, 9.17) is 5.11 Å². The van der Waals surface area contributed by atoms with Gasteiger partial charge in [-0.2, -0.15) is 0 Å². The third-order valence-electron chi connectivity index (χ3n) is 2.85. The quantitative estimate of drug-likeness (QED) is 0.868. The molecule has 0 bridgehead atoms. The Bertz CT molecular complexity index is 440. The molecule has 18 heavy (non-hydrogen) atoms. The maximum atomic E-state index is 11.7. The number of carbonyl (C=O) groups is 2. The smallest absolute Gasteiger partial charge is 0.303 e. The zero-order chi connectivity index (χ0) is 13.7. The van der Waals surface area contributed by atoms with E-state index in [1.54, 1.807) is 14.1 Å². The van der Waals surface area contributed by atoms with Crippen LogP contribution in [0.4, 0.5) is 0 Å². The zero-order valence-electron chi connectivity index (χ0n) is 11.0. The summed E-state index contributed by atoms with van der Waals surface area (Å²) in [6.45, 7) is 1.95. The number of carboxylic acids is 1. The minimum Gasteiger partial charge on any atom is -0.481 e. The van der Waals surface area contributed by atoms with E-state index in [1.165, 1.54) is 4.90 Å². The Balaban J connectivity index is 2.91. The van der Waals surface area contributed by atoms with E-state index in [-0.39, 0.29) is 24.7 Å². The molecule has 0 saturated carbocycles. The molecule has 0 heterocycles. The summed E-state index contributed by atoms with van der Waals surface area (Å²) in [7, 11) is 3.35. The van der Waals surface area contributed by atoms with Crippen molar-refractivity contribution >= 4 is 11.9 Å². The first-order chi connectivity index (χ1) is 8.40. The summed E-state index contributed by atoms with van der Waals surface area (Å²) in [6.07, 6.45) is 0.200. The molecule has 4 heteroatoms. The van der Waals surface area contributed by atoms with Crippen molar-refractivity contribution in [1.82, 2.24) is 4.90 Å².